The third kappa shape index (κ3) is 5.44. The summed E-state index contributed by atoms with van der Waals surface area (Å²) in [5.74, 6) is 0.536. The highest BCUT2D eigenvalue weighted by Gasteiger charge is 2.19. The standard InChI is InChI=1S/C21H25FN2O3/c1-2-8-23-21(25)24-9-10-27-20-7-6-17(11-18(20)13-24)15-26-14-16-4-3-5-19(22)12-16/h3-7,11-12H,2,8-10,13-15H2,1H3,(H,23,25). The van der Waals surface area contributed by atoms with E-state index >= 15 is 0 Å². The molecule has 2 amide bonds. The van der Waals surface area contributed by atoms with Crippen LogP contribution in [-0.4, -0.2) is 30.6 Å². The van der Waals surface area contributed by atoms with E-state index in [4.69, 9.17) is 9.47 Å². The van der Waals surface area contributed by atoms with Gasteiger partial charge in [0.1, 0.15) is 18.2 Å². The Morgan fingerprint density at radius 1 is 1.22 bits per heavy atom. The first-order valence-corrected chi connectivity index (χ1v) is 9.25. The summed E-state index contributed by atoms with van der Waals surface area (Å²) >= 11 is 0. The summed E-state index contributed by atoms with van der Waals surface area (Å²) in [5.41, 5.74) is 2.75. The number of carbonyl (C=O) groups excluding carboxylic acids is 1. The second-order valence-electron chi connectivity index (χ2n) is 6.57. The Labute approximate surface area is 159 Å². The highest BCUT2D eigenvalue weighted by Crippen LogP contribution is 2.25. The van der Waals surface area contributed by atoms with E-state index in [1.165, 1.54) is 12.1 Å². The molecule has 0 aliphatic carbocycles. The van der Waals surface area contributed by atoms with Crippen molar-refractivity contribution in [3.05, 3.63) is 65.0 Å². The van der Waals surface area contributed by atoms with E-state index in [9.17, 15) is 9.18 Å². The lowest BCUT2D eigenvalue weighted by atomic mass is 10.1. The van der Waals surface area contributed by atoms with E-state index in [1.54, 1.807) is 11.0 Å². The molecule has 1 N–H and O–H groups in total. The molecular weight excluding hydrogens is 347 g/mol. The minimum atomic E-state index is -0.264. The van der Waals surface area contributed by atoms with E-state index in [-0.39, 0.29) is 11.8 Å². The van der Waals surface area contributed by atoms with Crippen LogP contribution in [0.5, 0.6) is 5.75 Å². The molecular formula is C21H25FN2O3. The van der Waals surface area contributed by atoms with Gasteiger partial charge in [0.25, 0.3) is 0 Å². The van der Waals surface area contributed by atoms with Crippen LogP contribution in [0.25, 0.3) is 0 Å². The molecule has 1 aliphatic rings. The number of rotatable bonds is 6. The molecule has 0 unspecified atom stereocenters. The number of hydrogen-bond acceptors (Lipinski definition) is 3. The van der Waals surface area contributed by atoms with Crippen molar-refractivity contribution < 1.29 is 18.7 Å². The first-order valence-electron chi connectivity index (χ1n) is 9.25. The smallest absolute Gasteiger partial charge is 0.317 e. The van der Waals surface area contributed by atoms with Gasteiger partial charge in [-0.25, -0.2) is 9.18 Å². The first-order chi connectivity index (χ1) is 13.2. The van der Waals surface area contributed by atoms with Crippen LogP contribution in [0.4, 0.5) is 9.18 Å². The lowest BCUT2D eigenvalue weighted by molar-refractivity contribution is 0.107. The number of carbonyl (C=O) groups is 1. The van der Waals surface area contributed by atoms with Gasteiger partial charge in [-0.2, -0.15) is 0 Å². The molecule has 2 aromatic carbocycles. The van der Waals surface area contributed by atoms with E-state index in [1.807, 2.05) is 31.2 Å². The number of halogens is 1. The van der Waals surface area contributed by atoms with E-state index in [0.29, 0.717) is 39.5 Å². The Kier molecular flexibility index (Phi) is 6.65. The van der Waals surface area contributed by atoms with E-state index in [2.05, 4.69) is 5.32 Å². The molecule has 0 atom stereocenters. The number of nitrogens with zero attached hydrogens (tertiary/aromatic N) is 1. The van der Waals surface area contributed by atoms with Crippen LogP contribution < -0.4 is 10.1 Å². The highest BCUT2D eigenvalue weighted by molar-refractivity contribution is 5.74. The third-order valence-corrected chi connectivity index (χ3v) is 4.34. The lowest BCUT2D eigenvalue weighted by Crippen LogP contribution is -2.40. The SMILES string of the molecule is CCCNC(=O)N1CCOc2ccc(COCc3cccc(F)c3)cc2C1. The topological polar surface area (TPSA) is 50.8 Å². The van der Waals surface area contributed by atoms with Crippen LogP contribution in [0.3, 0.4) is 0 Å². The average Bonchev–Trinajstić information content (AvgIpc) is 2.88. The Hall–Kier alpha value is -2.60. The van der Waals surface area contributed by atoms with E-state index < -0.39 is 0 Å². The van der Waals surface area contributed by atoms with E-state index in [0.717, 1.165) is 28.9 Å². The van der Waals surface area contributed by atoms with Crippen LogP contribution in [0.1, 0.15) is 30.0 Å². The maximum absolute atomic E-state index is 13.2. The van der Waals surface area contributed by atoms with Gasteiger partial charge in [-0.1, -0.05) is 25.1 Å². The lowest BCUT2D eigenvalue weighted by Gasteiger charge is -2.20. The molecule has 0 radical (unpaired) electrons. The summed E-state index contributed by atoms with van der Waals surface area (Å²) in [6.45, 7) is 4.97. The normalized spacial score (nSPS) is 13.5. The van der Waals surface area contributed by atoms with Gasteiger partial charge in [0.2, 0.25) is 0 Å². The predicted octanol–water partition coefficient (Wildman–Crippen LogP) is 3.86. The fraction of sp³-hybridized carbons (Fsp3) is 0.381. The van der Waals surface area contributed by atoms with Gasteiger partial charge >= 0.3 is 6.03 Å². The summed E-state index contributed by atoms with van der Waals surface area (Å²) in [7, 11) is 0. The Balaban J connectivity index is 1.61. The molecule has 1 aliphatic heterocycles. The van der Waals surface area contributed by atoms with Gasteiger partial charge in [0.15, 0.2) is 0 Å². The molecule has 6 heteroatoms. The van der Waals surface area contributed by atoms with Crippen LogP contribution in [0, 0.1) is 5.82 Å². The van der Waals surface area contributed by atoms with Crippen LogP contribution in [0.15, 0.2) is 42.5 Å². The van der Waals surface area contributed by atoms with Gasteiger partial charge in [-0.05, 0) is 41.8 Å². The molecule has 0 aromatic heterocycles. The van der Waals surface area contributed by atoms with Crippen molar-refractivity contribution in [3.8, 4) is 5.75 Å². The number of amides is 2. The molecule has 1 heterocycles. The molecule has 0 saturated heterocycles. The van der Waals surface area contributed by atoms with Gasteiger partial charge in [-0.15, -0.1) is 0 Å². The largest absolute Gasteiger partial charge is 0.491 e. The zero-order chi connectivity index (χ0) is 19.1. The van der Waals surface area contributed by atoms with Crippen molar-refractivity contribution in [1.29, 1.82) is 0 Å². The summed E-state index contributed by atoms with van der Waals surface area (Å²) in [6.07, 6.45) is 0.902. The second kappa shape index (κ2) is 9.37. The van der Waals surface area contributed by atoms with Gasteiger partial charge in [-0.3, -0.25) is 0 Å². The Morgan fingerprint density at radius 2 is 2.04 bits per heavy atom. The maximum Gasteiger partial charge on any atom is 0.317 e. The van der Waals surface area contributed by atoms with Crippen LogP contribution >= 0.6 is 0 Å². The van der Waals surface area contributed by atoms with Crippen LogP contribution in [0.2, 0.25) is 0 Å². The van der Waals surface area contributed by atoms with Crippen molar-refractivity contribution in [2.24, 2.45) is 0 Å². The number of hydrogen-bond donors (Lipinski definition) is 1. The third-order valence-electron chi connectivity index (χ3n) is 4.34. The van der Waals surface area contributed by atoms with Crippen LogP contribution in [-0.2, 0) is 24.5 Å². The summed E-state index contributed by atoms with van der Waals surface area (Å²) < 4.78 is 24.7. The van der Waals surface area contributed by atoms with Gasteiger partial charge in [0, 0.05) is 12.1 Å². The van der Waals surface area contributed by atoms with Crippen molar-refractivity contribution >= 4 is 6.03 Å². The number of ether oxygens (including phenoxy) is 2. The predicted molar refractivity (Wildman–Crippen MR) is 101 cm³/mol. The zero-order valence-corrected chi connectivity index (χ0v) is 15.5. The highest BCUT2D eigenvalue weighted by atomic mass is 19.1. The molecule has 2 aromatic rings. The maximum atomic E-state index is 13.2. The average molecular weight is 372 g/mol. The van der Waals surface area contributed by atoms with Crippen molar-refractivity contribution in [3.63, 3.8) is 0 Å². The minimum absolute atomic E-state index is 0.0685. The summed E-state index contributed by atoms with van der Waals surface area (Å²) in [5, 5.41) is 2.91. The number of urea groups is 1. The molecule has 3 rings (SSSR count). The van der Waals surface area contributed by atoms with Gasteiger partial charge < -0.3 is 19.7 Å². The van der Waals surface area contributed by atoms with Crippen molar-refractivity contribution in [1.82, 2.24) is 10.2 Å². The quantitative estimate of drug-likeness (QED) is 0.838. The molecule has 0 fully saturated rings. The molecule has 0 saturated carbocycles. The molecule has 0 spiro atoms. The minimum Gasteiger partial charge on any atom is -0.491 e. The number of fused-ring (bicyclic) bond motifs is 1. The Bertz CT molecular complexity index is 782. The zero-order valence-electron chi connectivity index (χ0n) is 15.5. The van der Waals surface area contributed by atoms with Crippen molar-refractivity contribution in [2.75, 3.05) is 19.7 Å². The molecule has 144 valence electrons. The Morgan fingerprint density at radius 3 is 2.81 bits per heavy atom. The fourth-order valence-corrected chi connectivity index (χ4v) is 2.97. The van der Waals surface area contributed by atoms with Crippen molar-refractivity contribution in [2.45, 2.75) is 33.1 Å². The number of benzene rings is 2. The summed E-state index contributed by atoms with van der Waals surface area (Å²) in [6, 6.07) is 12.2. The second-order valence-corrected chi connectivity index (χ2v) is 6.57. The van der Waals surface area contributed by atoms with Gasteiger partial charge in [0.05, 0.1) is 26.3 Å². The summed E-state index contributed by atoms with van der Waals surface area (Å²) in [4.78, 5) is 14.0. The molecule has 27 heavy (non-hydrogen) atoms. The fourth-order valence-electron chi connectivity index (χ4n) is 2.97. The first kappa shape index (κ1) is 19.2. The monoisotopic (exact) mass is 372 g/mol. The number of nitrogens with one attached hydrogen (secondary N) is 1. The molecule has 0 bridgehead atoms. The molecule has 5 nitrogen and oxygen atoms in total.